The van der Waals surface area contributed by atoms with Crippen molar-refractivity contribution in [2.24, 2.45) is 5.92 Å². The minimum Gasteiger partial charge on any atom is -0.317 e. The fourth-order valence-electron chi connectivity index (χ4n) is 2.19. The Morgan fingerprint density at radius 3 is 2.64 bits per heavy atom. The van der Waals surface area contributed by atoms with Crippen molar-refractivity contribution in [3.05, 3.63) is 0 Å². The summed E-state index contributed by atoms with van der Waals surface area (Å²) >= 11 is 0. The summed E-state index contributed by atoms with van der Waals surface area (Å²) in [6, 6.07) is 0. The third kappa shape index (κ3) is 5.38. The molecule has 1 fully saturated rings. The average molecular weight is 197 g/mol. The van der Waals surface area contributed by atoms with Crippen LogP contribution in [-0.2, 0) is 4.79 Å². The van der Waals surface area contributed by atoms with E-state index in [4.69, 9.17) is 0 Å². The maximum absolute atomic E-state index is 10.7. The number of ketones is 1. The first kappa shape index (κ1) is 11.7. The fourth-order valence-corrected chi connectivity index (χ4v) is 2.19. The molecular weight excluding hydrogens is 174 g/mol. The molecule has 0 aromatic heterocycles. The number of Topliss-reactive ketones (excluding diaryl/α,β-unsaturated/α-hetero) is 1. The molecule has 0 radical (unpaired) electrons. The van der Waals surface area contributed by atoms with E-state index in [0.717, 1.165) is 31.8 Å². The van der Waals surface area contributed by atoms with Gasteiger partial charge in [-0.3, -0.25) is 0 Å². The van der Waals surface area contributed by atoms with Gasteiger partial charge in [-0.1, -0.05) is 25.7 Å². The van der Waals surface area contributed by atoms with Crippen LogP contribution in [0.15, 0.2) is 0 Å². The summed E-state index contributed by atoms with van der Waals surface area (Å²) in [7, 11) is 0. The molecular formula is C12H23NO. The van der Waals surface area contributed by atoms with Gasteiger partial charge in [0.05, 0.1) is 0 Å². The van der Waals surface area contributed by atoms with Crippen LogP contribution in [0.1, 0.15) is 51.9 Å². The zero-order valence-corrected chi connectivity index (χ0v) is 9.35. The highest BCUT2D eigenvalue weighted by molar-refractivity contribution is 5.75. The predicted molar refractivity (Wildman–Crippen MR) is 59.4 cm³/mol. The van der Waals surface area contributed by atoms with Crippen molar-refractivity contribution >= 4 is 5.78 Å². The Balaban J connectivity index is 1.82. The van der Waals surface area contributed by atoms with E-state index >= 15 is 0 Å². The average Bonchev–Trinajstić information content (AvgIpc) is 2.63. The third-order valence-electron chi connectivity index (χ3n) is 3.09. The van der Waals surface area contributed by atoms with Crippen LogP contribution < -0.4 is 5.32 Å². The molecule has 0 aromatic carbocycles. The van der Waals surface area contributed by atoms with Crippen LogP contribution in [0.3, 0.4) is 0 Å². The lowest BCUT2D eigenvalue weighted by atomic mass is 10.0. The Labute approximate surface area is 87.5 Å². The molecule has 0 unspecified atom stereocenters. The molecule has 1 N–H and O–H groups in total. The summed E-state index contributed by atoms with van der Waals surface area (Å²) < 4.78 is 0. The maximum Gasteiger partial charge on any atom is 0.129 e. The molecule has 1 aliphatic carbocycles. The number of rotatable bonds is 7. The van der Waals surface area contributed by atoms with E-state index in [2.05, 4.69) is 5.32 Å². The Morgan fingerprint density at radius 1 is 1.29 bits per heavy atom. The summed E-state index contributed by atoms with van der Waals surface area (Å²) in [5.74, 6) is 1.29. The zero-order chi connectivity index (χ0) is 10.2. The molecule has 0 aromatic rings. The van der Waals surface area contributed by atoms with E-state index in [-0.39, 0.29) is 0 Å². The molecule has 0 heterocycles. The number of hydrogen-bond donors (Lipinski definition) is 1. The van der Waals surface area contributed by atoms with Crippen LogP contribution in [0.5, 0.6) is 0 Å². The monoisotopic (exact) mass is 197 g/mol. The SMILES string of the molecule is CC(=O)CCCNCCC1CCCC1. The van der Waals surface area contributed by atoms with Gasteiger partial charge in [0.25, 0.3) is 0 Å². The van der Waals surface area contributed by atoms with Gasteiger partial charge < -0.3 is 10.1 Å². The van der Waals surface area contributed by atoms with E-state index in [9.17, 15) is 4.79 Å². The molecule has 0 saturated heterocycles. The quantitative estimate of drug-likeness (QED) is 0.635. The van der Waals surface area contributed by atoms with Crippen molar-refractivity contribution < 1.29 is 4.79 Å². The second kappa shape index (κ2) is 6.99. The van der Waals surface area contributed by atoms with E-state index in [1.54, 1.807) is 6.92 Å². The lowest BCUT2D eigenvalue weighted by Gasteiger charge is -2.09. The maximum atomic E-state index is 10.7. The molecule has 1 rings (SSSR count). The molecule has 0 aliphatic heterocycles. The van der Waals surface area contributed by atoms with Crippen LogP contribution >= 0.6 is 0 Å². The summed E-state index contributed by atoms with van der Waals surface area (Å²) in [6.45, 7) is 3.81. The summed E-state index contributed by atoms with van der Waals surface area (Å²) in [5, 5.41) is 3.42. The normalized spacial score (nSPS) is 17.5. The van der Waals surface area contributed by atoms with Gasteiger partial charge >= 0.3 is 0 Å². The minimum absolute atomic E-state index is 0.308. The van der Waals surface area contributed by atoms with Gasteiger partial charge in [-0.2, -0.15) is 0 Å². The molecule has 14 heavy (non-hydrogen) atoms. The standard InChI is InChI=1S/C12H23NO/c1-11(14)5-4-9-13-10-8-12-6-2-3-7-12/h12-13H,2-10H2,1H3. The highest BCUT2D eigenvalue weighted by Crippen LogP contribution is 2.26. The van der Waals surface area contributed by atoms with Crippen molar-refractivity contribution in [1.82, 2.24) is 5.32 Å². The van der Waals surface area contributed by atoms with Crippen LogP contribution in [0, 0.1) is 5.92 Å². The second-order valence-corrected chi connectivity index (χ2v) is 4.49. The molecule has 82 valence electrons. The van der Waals surface area contributed by atoms with Crippen molar-refractivity contribution in [3.8, 4) is 0 Å². The molecule has 0 bridgehead atoms. The molecule has 2 nitrogen and oxygen atoms in total. The Hall–Kier alpha value is -0.370. The van der Waals surface area contributed by atoms with E-state index in [0.29, 0.717) is 5.78 Å². The summed E-state index contributed by atoms with van der Waals surface area (Å²) in [4.78, 5) is 10.7. The highest BCUT2D eigenvalue weighted by Gasteiger charge is 2.13. The lowest BCUT2D eigenvalue weighted by molar-refractivity contribution is -0.117. The molecule has 1 aliphatic rings. The third-order valence-corrected chi connectivity index (χ3v) is 3.09. The van der Waals surface area contributed by atoms with Gasteiger partial charge in [0.15, 0.2) is 0 Å². The lowest BCUT2D eigenvalue weighted by Crippen LogP contribution is -2.19. The number of nitrogens with one attached hydrogen (secondary N) is 1. The van der Waals surface area contributed by atoms with Crippen molar-refractivity contribution in [2.45, 2.75) is 51.9 Å². The van der Waals surface area contributed by atoms with Crippen molar-refractivity contribution in [3.63, 3.8) is 0 Å². The van der Waals surface area contributed by atoms with Crippen LogP contribution in [0.25, 0.3) is 0 Å². The Bertz CT molecular complexity index is 162. The first-order valence-electron chi connectivity index (χ1n) is 5.99. The van der Waals surface area contributed by atoms with Gasteiger partial charge in [0, 0.05) is 6.42 Å². The largest absolute Gasteiger partial charge is 0.317 e. The topological polar surface area (TPSA) is 29.1 Å². The molecule has 1 saturated carbocycles. The molecule has 2 heteroatoms. The molecule has 0 spiro atoms. The van der Waals surface area contributed by atoms with E-state index in [1.165, 1.54) is 32.1 Å². The smallest absolute Gasteiger partial charge is 0.129 e. The molecule has 0 amide bonds. The number of carbonyl (C=O) groups is 1. The second-order valence-electron chi connectivity index (χ2n) is 4.49. The van der Waals surface area contributed by atoms with Gasteiger partial charge in [-0.15, -0.1) is 0 Å². The molecule has 0 atom stereocenters. The highest BCUT2D eigenvalue weighted by atomic mass is 16.1. The predicted octanol–water partition coefficient (Wildman–Crippen LogP) is 2.53. The Kier molecular flexibility index (Phi) is 5.85. The van der Waals surface area contributed by atoms with Crippen LogP contribution in [0.2, 0.25) is 0 Å². The number of carbonyl (C=O) groups excluding carboxylic acids is 1. The van der Waals surface area contributed by atoms with Crippen LogP contribution in [0.4, 0.5) is 0 Å². The van der Waals surface area contributed by atoms with Gasteiger partial charge in [-0.05, 0) is 38.8 Å². The zero-order valence-electron chi connectivity index (χ0n) is 9.35. The van der Waals surface area contributed by atoms with Crippen LogP contribution in [-0.4, -0.2) is 18.9 Å². The minimum atomic E-state index is 0.308. The fraction of sp³-hybridized carbons (Fsp3) is 0.917. The summed E-state index contributed by atoms with van der Waals surface area (Å²) in [6.07, 6.45) is 8.82. The first-order chi connectivity index (χ1) is 6.79. The van der Waals surface area contributed by atoms with Gasteiger partial charge in [0.1, 0.15) is 5.78 Å². The van der Waals surface area contributed by atoms with Crippen molar-refractivity contribution in [1.29, 1.82) is 0 Å². The van der Waals surface area contributed by atoms with Gasteiger partial charge in [-0.25, -0.2) is 0 Å². The van der Waals surface area contributed by atoms with Crippen molar-refractivity contribution in [2.75, 3.05) is 13.1 Å². The van der Waals surface area contributed by atoms with Gasteiger partial charge in [0.2, 0.25) is 0 Å². The first-order valence-corrected chi connectivity index (χ1v) is 5.99. The Morgan fingerprint density at radius 2 is 2.00 bits per heavy atom. The van der Waals surface area contributed by atoms with E-state index in [1.807, 2.05) is 0 Å². The van der Waals surface area contributed by atoms with E-state index < -0.39 is 0 Å². The summed E-state index contributed by atoms with van der Waals surface area (Å²) in [5.41, 5.74) is 0. The number of hydrogen-bond acceptors (Lipinski definition) is 2.